The zero-order chi connectivity index (χ0) is 17.3. The molecule has 0 radical (unpaired) electrons. The van der Waals surface area contributed by atoms with Crippen LogP contribution in [-0.2, 0) is 11.2 Å². The van der Waals surface area contributed by atoms with Crippen molar-refractivity contribution in [2.75, 3.05) is 0 Å². The molecule has 0 unspecified atom stereocenters. The summed E-state index contributed by atoms with van der Waals surface area (Å²) in [6.45, 7) is 1.79. The van der Waals surface area contributed by atoms with Crippen molar-refractivity contribution in [3.63, 3.8) is 0 Å². The Morgan fingerprint density at radius 1 is 1.46 bits per heavy atom. The first-order valence-electron chi connectivity index (χ1n) is 8.09. The molecule has 0 aliphatic carbocycles. The lowest BCUT2D eigenvalue weighted by Crippen LogP contribution is -2.43. The molecule has 0 spiro atoms. The van der Waals surface area contributed by atoms with Gasteiger partial charge in [-0.25, -0.2) is 0 Å². The van der Waals surface area contributed by atoms with E-state index in [9.17, 15) is 10.1 Å². The molecule has 2 aliphatic heterocycles. The number of hydrogen-bond acceptors (Lipinski definition) is 3. The summed E-state index contributed by atoms with van der Waals surface area (Å²) in [5.74, 6) is -0.0800. The number of benzene rings is 1. The van der Waals surface area contributed by atoms with Gasteiger partial charge < -0.3 is 10.2 Å². The van der Waals surface area contributed by atoms with E-state index < -0.39 is 0 Å². The molecule has 1 aromatic carbocycles. The predicted molar refractivity (Wildman–Crippen MR) is 94.7 cm³/mol. The molecule has 24 heavy (non-hydrogen) atoms. The van der Waals surface area contributed by atoms with E-state index in [0.29, 0.717) is 28.1 Å². The number of carbonyl (C=O) groups excluding carboxylic acids is 1. The van der Waals surface area contributed by atoms with Crippen LogP contribution in [0.3, 0.4) is 0 Å². The van der Waals surface area contributed by atoms with Gasteiger partial charge in [0.1, 0.15) is 0 Å². The van der Waals surface area contributed by atoms with Crippen molar-refractivity contribution in [2.45, 2.75) is 50.7 Å². The van der Waals surface area contributed by atoms with E-state index in [4.69, 9.17) is 23.2 Å². The van der Waals surface area contributed by atoms with Crippen LogP contribution in [-0.4, -0.2) is 28.9 Å². The normalized spacial score (nSPS) is 25.7. The van der Waals surface area contributed by atoms with Crippen molar-refractivity contribution < 1.29 is 4.79 Å². The van der Waals surface area contributed by atoms with Gasteiger partial charge >= 0.3 is 0 Å². The fraction of sp³-hybridized carbons (Fsp3) is 0.444. The third kappa shape index (κ3) is 3.38. The smallest absolute Gasteiger partial charge is 0.246 e. The average Bonchev–Trinajstić information content (AvgIpc) is 3.11. The molecule has 3 rings (SSSR count). The maximum atomic E-state index is 12.4. The maximum Gasteiger partial charge on any atom is 0.246 e. The highest BCUT2D eigenvalue weighted by atomic mass is 35.5. The predicted octanol–water partition coefficient (Wildman–Crippen LogP) is 3.68. The van der Waals surface area contributed by atoms with Gasteiger partial charge in [-0.3, -0.25) is 4.79 Å². The lowest BCUT2D eigenvalue weighted by Gasteiger charge is -2.22. The van der Waals surface area contributed by atoms with Gasteiger partial charge in [-0.05, 0) is 56.4 Å². The van der Waals surface area contributed by atoms with Gasteiger partial charge in [0.2, 0.25) is 5.91 Å². The highest BCUT2D eigenvalue weighted by Gasteiger charge is 2.46. The number of nitriles is 1. The number of amides is 1. The van der Waals surface area contributed by atoms with Crippen LogP contribution >= 0.6 is 23.2 Å². The highest BCUT2D eigenvalue weighted by molar-refractivity contribution is 6.33. The summed E-state index contributed by atoms with van der Waals surface area (Å²) in [5.41, 5.74) is 1.55. The van der Waals surface area contributed by atoms with Crippen LogP contribution < -0.4 is 5.32 Å². The average molecular weight is 364 g/mol. The Kier molecular flexibility index (Phi) is 5.03. The number of allylic oxidation sites excluding steroid dienone is 1. The molecule has 1 amide bonds. The van der Waals surface area contributed by atoms with Crippen LogP contribution in [0, 0.1) is 11.5 Å². The van der Waals surface area contributed by atoms with Crippen molar-refractivity contribution in [1.82, 2.24) is 10.2 Å². The molecule has 126 valence electrons. The molecular weight excluding hydrogens is 345 g/mol. The highest BCUT2D eigenvalue weighted by Crippen LogP contribution is 2.37. The summed E-state index contributed by atoms with van der Waals surface area (Å²) < 4.78 is 0. The van der Waals surface area contributed by atoms with Gasteiger partial charge in [0.25, 0.3) is 0 Å². The van der Waals surface area contributed by atoms with E-state index >= 15 is 0 Å². The van der Waals surface area contributed by atoms with Gasteiger partial charge in [0, 0.05) is 21.7 Å². The molecule has 1 N–H and O–H groups in total. The second-order valence-corrected chi connectivity index (χ2v) is 7.29. The summed E-state index contributed by atoms with van der Waals surface area (Å²) in [5, 5.41) is 13.5. The van der Waals surface area contributed by atoms with Gasteiger partial charge in [0.05, 0.1) is 12.1 Å². The number of hydrogen-bond donors (Lipinski definition) is 1. The molecule has 2 fully saturated rings. The van der Waals surface area contributed by atoms with Gasteiger partial charge in [-0.15, -0.1) is 0 Å². The second kappa shape index (κ2) is 7.04. The molecule has 2 saturated heterocycles. The standard InChI is InChI=1S/C18H19Cl2N3O/c1-11(2-3-12-8-13(19)4-6-15(12)20)18(24)22-16-9-14-5-7-17(16)23(14)10-21/h2,4,6,8,14,16-17H,3,5,7,9H2,1H3,(H,22,24)/b11-2+/t14-,16+,17+/m0/s1. The minimum absolute atomic E-state index is 0.0639. The maximum absolute atomic E-state index is 12.4. The fourth-order valence-electron chi connectivity index (χ4n) is 3.64. The Bertz CT molecular complexity index is 725. The van der Waals surface area contributed by atoms with Crippen molar-refractivity contribution in [3.05, 3.63) is 45.5 Å². The Hall–Kier alpha value is -1.70. The molecule has 2 aliphatic rings. The van der Waals surface area contributed by atoms with Crippen molar-refractivity contribution in [1.29, 1.82) is 5.26 Å². The Morgan fingerprint density at radius 3 is 2.96 bits per heavy atom. The third-order valence-corrected chi connectivity index (χ3v) is 5.57. The minimum Gasteiger partial charge on any atom is -0.347 e. The quantitative estimate of drug-likeness (QED) is 0.655. The SMILES string of the molecule is C/C(=C\Cc1cc(Cl)ccc1Cl)C(=O)N[C@@H]1C[C@@H]2CC[C@H]1N2C#N. The number of rotatable bonds is 4. The lowest BCUT2D eigenvalue weighted by atomic mass is 9.95. The number of nitrogens with zero attached hydrogens (tertiary/aromatic N) is 2. The molecule has 1 aromatic rings. The van der Waals surface area contributed by atoms with Crippen LogP contribution in [0.15, 0.2) is 29.8 Å². The summed E-state index contributed by atoms with van der Waals surface area (Å²) >= 11 is 12.1. The summed E-state index contributed by atoms with van der Waals surface area (Å²) in [6.07, 6.45) is 7.56. The molecule has 3 atom stereocenters. The second-order valence-electron chi connectivity index (χ2n) is 6.45. The van der Waals surface area contributed by atoms with Crippen molar-refractivity contribution in [3.8, 4) is 6.19 Å². The monoisotopic (exact) mass is 363 g/mol. The fourth-order valence-corrected chi connectivity index (χ4v) is 4.03. The molecular formula is C18H19Cl2N3O. The first-order chi connectivity index (χ1) is 11.5. The molecule has 4 nitrogen and oxygen atoms in total. The van der Waals surface area contributed by atoms with Crippen molar-refractivity contribution in [2.24, 2.45) is 0 Å². The van der Waals surface area contributed by atoms with Crippen LogP contribution in [0.25, 0.3) is 0 Å². The Morgan fingerprint density at radius 2 is 2.25 bits per heavy atom. The zero-order valence-corrected chi connectivity index (χ0v) is 14.9. The molecule has 2 heterocycles. The molecule has 2 bridgehead atoms. The topological polar surface area (TPSA) is 56.1 Å². The van der Waals surface area contributed by atoms with Crippen molar-refractivity contribution >= 4 is 29.1 Å². The first kappa shape index (κ1) is 17.1. The van der Waals surface area contributed by atoms with Gasteiger partial charge in [-0.1, -0.05) is 29.3 Å². The number of fused-ring (bicyclic) bond motifs is 2. The third-order valence-electron chi connectivity index (χ3n) is 4.96. The van der Waals surface area contributed by atoms with E-state index in [0.717, 1.165) is 24.8 Å². The zero-order valence-electron chi connectivity index (χ0n) is 13.4. The number of nitrogens with one attached hydrogen (secondary N) is 1. The van der Waals surface area contributed by atoms with Gasteiger partial charge in [-0.2, -0.15) is 5.26 Å². The van der Waals surface area contributed by atoms with Crippen LogP contribution in [0.4, 0.5) is 0 Å². The molecule has 0 aromatic heterocycles. The van der Waals surface area contributed by atoms with Crippen LogP contribution in [0.5, 0.6) is 0 Å². The van der Waals surface area contributed by atoms with E-state index in [-0.39, 0.29) is 18.0 Å². The summed E-state index contributed by atoms with van der Waals surface area (Å²) in [4.78, 5) is 14.2. The van der Waals surface area contributed by atoms with Crippen LogP contribution in [0.1, 0.15) is 31.7 Å². The lowest BCUT2D eigenvalue weighted by molar-refractivity contribution is -0.118. The molecule has 6 heteroatoms. The van der Waals surface area contributed by atoms with E-state index in [1.165, 1.54) is 0 Å². The number of halogens is 2. The Balaban J connectivity index is 1.61. The number of carbonyl (C=O) groups is 1. The molecule has 0 saturated carbocycles. The summed E-state index contributed by atoms with van der Waals surface area (Å²) in [6, 6.07) is 5.82. The first-order valence-corrected chi connectivity index (χ1v) is 8.85. The minimum atomic E-state index is -0.0800. The van der Waals surface area contributed by atoms with E-state index in [1.54, 1.807) is 19.1 Å². The van der Waals surface area contributed by atoms with Gasteiger partial charge in [0.15, 0.2) is 6.19 Å². The van der Waals surface area contributed by atoms with E-state index in [2.05, 4.69) is 11.5 Å². The van der Waals surface area contributed by atoms with Crippen LogP contribution in [0.2, 0.25) is 10.0 Å². The Labute approximate surface area is 152 Å². The largest absolute Gasteiger partial charge is 0.347 e. The summed E-state index contributed by atoms with van der Waals surface area (Å²) in [7, 11) is 0. The van der Waals surface area contributed by atoms with E-state index in [1.807, 2.05) is 17.0 Å².